The third-order valence-corrected chi connectivity index (χ3v) is 6.87. The first kappa shape index (κ1) is 24.5. The van der Waals surface area contributed by atoms with Crippen molar-refractivity contribution in [3.05, 3.63) is 102 Å². The molecule has 37 heavy (non-hydrogen) atoms. The second kappa shape index (κ2) is 10.4. The first-order valence-electron chi connectivity index (χ1n) is 12.2. The number of carbonyl (C=O) groups excluding carboxylic acids is 1. The smallest absolute Gasteiger partial charge is 0.224 e. The third kappa shape index (κ3) is 4.80. The zero-order valence-corrected chi connectivity index (χ0v) is 21.8. The topological polar surface area (TPSA) is 71.4 Å². The van der Waals surface area contributed by atoms with Gasteiger partial charge in [-0.3, -0.25) is 9.78 Å². The average Bonchev–Trinajstić information content (AvgIpc) is 3.54. The quantitative estimate of drug-likeness (QED) is 0.310. The van der Waals surface area contributed by atoms with Crippen LogP contribution in [0, 0.1) is 6.92 Å². The molecule has 1 amide bonds. The molecule has 0 saturated carbocycles. The molecule has 2 N–H and O–H groups in total. The minimum atomic E-state index is -0.195. The van der Waals surface area contributed by atoms with Crippen molar-refractivity contribution in [2.24, 2.45) is 0 Å². The summed E-state index contributed by atoms with van der Waals surface area (Å²) >= 11 is 5.90. The Morgan fingerprint density at radius 3 is 2.57 bits per heavy atom. The SMILES string of the molecule is CCC(=O)Nc1ccc(N2C(=S)NC(c3ccccn3)C2c2cccn2-c2ccc(C)cc2)cc1OC. The molecule has 2 atom stereocenters. The predicted molar refractivity (Wildman–Crippen MR) is 150 cm³/mol. The van der Waals surface area contributed by atoms with Crippen molar-refractivity contribution in [2.45, 2.75) is 32.4 Å². The van der Waals surface area contributed by atoms with E-state index in [2.05, 4.69) is 68.5 Å². The van der Waals surface area contributed by atoms with Gasteiger partial charge < -0.3 is 24.8 Å². The summed E-state index contributed by atoms with van der Waals surface area (Å²) in [5.41, 5.74) is 5.71. The van der Waals surface area contributed by atoms with Crippen molar-refractivity contribution in [1.29, 1.82) is 0 Å². The number of ether oxygens (including phenoxy) is 1. The summed E-state index contributed by atoms with van der Waals surface area (Å²) in [7, 11) is 1.60. The maximum Gasteiger partial charge on any atom is 0.224 e. The first-order valence-corrected chi connectivity index (χ1v) is 12.6. The maximum absolute atomic E-state index is 12.0. The number of aryl methyl sites for hydroxylation is 1. The number of methoxy groups -OCH3 is 1. The highest BCUT2D eigenvalue weighted by molar-refractivity contribution is 7.80. The van der Waals surface area contributed by atoms with E-state index in [-0.39, 0.29) is 18.0 Å². The lowest BCUT2D eigenvalue weighted by molar-refractivity contribution is -0.115. The molecule has 0 bridgehead atoms. The van der Waals surface area contributed by atoms with Crippen molar-refractivity contribution in [1.82, 2.24) is 14.9 Å². The van der Waals surface area contributed by atoms with E-state index in [1.165, 1.54) is 5.56 Å². The van der Waals surface area contributed by atoms with E-state index in [9.17, 15) is 4.79 Å². The molecule has 1 fully saturated rings. The summed E-state index contributed by atoms with van der Waals surface area (Å²) in [5.74, 6) is 0.490. The van der Waals surface area contributed by atoms with Gasteiger partial charge in [-0.1, -0.05) is 30.7 Å². The van der Waals surface area contributed by atoms with Crippen LogP contribution in [0.4, 0.5) is 11.4 Å². The average molecular weight is 512 g/mol. The van der Waals surface area contributed by atoms with Crippen LogP contribution in [0.25, 0.3) is 5.69 Å². The van der Waals surface area contributed by atoms with Crippen molar-refractivity contribution in [3.63, 3.8) is 0 Å². The van der Waals surface area contributed by atoms with Crippen LogP contribution < -0.4 is 20.3 Å². The molecule has 5 rings (SSSR count). The highest BCUT2D eigenvalue weighted by atomic mass is 32.1. The van der Waals surface area contributed by atoms with Crippen molar-refractivity contribution >= 4 is 34.6 Å². The second-order valence-corrected chi connectivity index (χ2v) is 9.31. The highest BCUT2D eigenvalue weighted by Crippen LogP contribution is 2.43. The van der Waals surface area contributed by atoms with Gasteiger partial charge in [0.25, 0.3) is 0 Å². The first-order chi connectivity index (χ1) is 18.0. The summed E-state index contributed by atoms with van der Waals surface area (Å²) < 4.78 is 7.84. The molecule has 2 aromatic heterocycles. The summed E-state index contributed by atoms with van der Waals surface area (Å²) in [6.45, 7) is 3.90. The third-order valence-electron chi connectivity index (χ3n) is 6.55. The van der Waals surface area contributed by atoms with Crippen LogP contribution in [0.1, 0.15) is 42.4 Å². The largest absolute Gasteiger partial charge is 0.494 e. The minimum Gasteiger partial charge on any atom is -0.494 e. The van der Waals surface area contributed by atoms with Crippen molar-refractivity contribution < 1.29 is 9.53 Å². The molecule has 1 aliphatic heterocycles. The van der Waals surface area contributed by atoms with E-state index in [1.54, 1.807) is 13.3 Å². The lowest BCUT2D eigenvalue weighted by atomic mass is 10.0. The molecular formula is C29H29N5O2S. The Balaban J connectivity index is 1.62. The number of nitrogens with one attached hydrogen (secondary N) is 2. The molecule has 1 saturated heterocycles. The van der Waals surface area contributed by atoms with Crippen LogP contribution in [-0.2, 0) is 4.79 Å². The molecule has 2 aromatic carbocycles. The van der Waals surface area contributed by atoms with E-state index in [4.69, 9.17) is 17.0 Å². The predicted octanol–water partition coefficient (Wildman–Crippen LogP) is 5.71. The van der Waals surface area contributed by atoms with Crippen LogP contribution in [0.15, 0.2) is 85.2 Å². The van der Waals surface area contributed by atoms with Gasteiger partial charge in [0.1, 0.15) is 11.8 Å². The zero-order chi connectivity index (χ0) is 25.9. The highest BCUT2D eigenvalue weighted by Gasteiger charge is 2.42. The molecule has 8 heteroatoms. The molecule has 2 unspecified atom stereocenters. The summed E-state index contributed by atoms with van der Waals surface area (Å²) in [6.07, 6.45) is 4.25. The Morgan fingerprint density at radius 1 is 1.08 bits per heavy atom. The summed E-state index contributed by atoms with van der Waals surface area (Å²) in [4.78, 5) is 18.8. The number of carbonyl (C=O) groups is 1. The number of aromatic nitrogens is 2. The minimum absolute atomic E-state index is 0.0755. The van der Waals surface area contributed by atoms with Gasteiger partial charge in [-0.15, -0.1) is 0 Å². The van der Waals surface area contributed by atoms with Crippen LogP contribution in [-0.4, -0.2) is 27.7 Å². The fraction of sp³-hybridized carbons (Fsp3) is 0.207. The number of nitrogens with zero attached hydrogens (tertiary/aromatic N) is 3. The fourth-order valence-corrected chi connectivity index (χ4v) is 5.03. The van der Waals surface area contributed by atoms with Gasteiger partial charge in [0, 0.05) is 41.9 Å². The number of pyridine rings is 1. The standard InChI is InChI=1S/C29H29N5O2S/c1-4-26(35)31-22-15-14-21(18-25(22)36-3)34-28(27(32-29(34)37)23-8-5-6-16-30-23)24-9-7-17-33(24)20-12-10-19(2)11-13-20/h5-18,27-28H,4H2,1-3H3,(H,31,35)(H,32,37). The Hall–Kier alpha value is -4.17. The molecule has 0 aliphatic carbocycles. The van der Waals surface area contributed by atoms with Crippen LogP contribution in [0.2, 0.25) is 0 Å². The summed E-state index contributed by atoms with van der Waals surface area (Å²) in [6, 6.07) is 23.9. The van der Waals surface area contributed by atoms with E-state index < -0.39 is 0 Å². The summed E-state index contributed by atoms with van der Waals surface area (Å²) in [5, 5.41) is 7.00. The zero-order valence-electron chi connectivity index (χ0n) is 21.0. The van der Waals surface area contributed by atoms with Gasteiger partial charge in [0.2, 0.25) is 5.91 Å². The maximum atomic E-state index is 12.0. The molecule has 0 radical (unpaired) electrons. The van der Waals surface area contributed by atoms with E-state index in [0.29, 0.717) is 23.0 Å². The van der Waals surface area contributed by atoms with E-state index in [1.807, 2.05) is 49.4 Å². The Morgan fingerprint density at radius 2 is 1.86 bits per heavy atom. The number of anilines is 2. The number of benzene rings is 2. The molecule has 3 heterocycles. The van der Waals surface area contributed by atoms with Crippen LogP contribution in [0.5, 0.6) is 5.75 Å². The molecule has 188 valence electrons. The van der Waals surface area contributed by atoms with Gasteiger partial charge >= 0.3 is 0 Å². The monoisotopic (exact) mass is 511 g/mol. The lowest BCUT2D eigenvalue weighted by Crippen LogP contribution is -2.30. The van der Waals surface area contributed by atoms with Gasteiger partial charge in [0.15, 0.2) is 5.11 Å². The van der Waals surface area contributed by atoms with Crippen molar-refractivity contribution in [3.8, 4) is 11.4 Å². The number of amides is 1. The van der Waals surface area contributed by atoms with Gasteiger partial charge in [-0.2, -0.15) is 0 Å². The number of hydrogen-bond acceptors (Lipinski definition) is 4. The number of rotatable bonds is 7. The molecule has 0 spiro atoms. The lowest BCUT2D eigenvalue weighted by Gasteiger charge is -2.29. The Labute approximate surface area is 222 Å². The molecule has 1 aliphatic rings. The van der Waals surface area contributed by atoms with E-state index in [0.717, 1.165) is 22.8 Å². The number of thiocarbonyl (C=S) groups is 1. The van der Waals surface area contributed by atoms with Crippen LogP contribution >= 0.6 is 12.2 Å². The van der Waals surface area contributed by atoms with Gasteiger partial charge in [-0.05, 0) is 67.7 Å². The van der Waals surface area contributed by atoms with Gasteiger partial charge in [-0.25, -0.2) is 0 Å². The number of hydrogen-bond donors (Lipinski definition) is 2. The van der Waals surface area contributed by atoms with Crippen molar-refractivity contribution in [2.75, 3.05) is 17.3 Å². The Bertz CT molecular complexity index is 1420. The Kier molecular flexibility index (Phi) is 6.92. The normalized spacial score (nSPS) is 16.9. The fourth-order valence-electron chi connectivity index (χ4n) is 4.68. The van der Waals surface area contributed by atoms with E-state index >= 15 is 0 Å². The second-order valence-electron chi connectivity index (χ2n) is 8.92. The molecular weight excluding hydrogens is 482 g/mol. The molecule has 4 aromatic rings. The van der Waals surface area contributed by atoms with Gasteiger partial charge in [0.05, 0.1) is 24.5 Å². The molecule has 7 nitrogen and oxygen atoms in total. The van der Waals surface area contributed by atoms with Crippen LogP contribution in [0.3, 0.4) is 0 Å².